The molecule has 2 aromatic rings. The molecule has 0 aromatic heterocycles. The lowest BCUT2D eigenvalue weighted by molar-refractivity contribution is -0.387. The molecule has 0 atom stereocenters. The van der Waals surface area contributed by atoms with Gasteiger partial charge in [-0.2, -0.15) is 0 Å². The topological polar surface area (TPSA) is 80.5 Å². The van der Waals surface area contributed by atoms with Crippen molar-refractivity contribution in [2.24, 2.45) is 0 Å². The maximum absolute atomic E-state index is 11.9. The molecule has 0 bridgehead atoms. The summed E-state index contributed by atoms with van der Waals surface area (Å²) in [6.07, 6.45) is 0.975. The number of anilines is 1. The first-order chi connectivity index (χ1) is 11.1. The molecule has 0 amide bonds. The Hall–Kier alpha value is -2.41. The van der Waals surface area contributed by atoms with E-state index in [1.54, 1.807) is 18.0 Å². The van der Waals surface area contributed by atoms with E-state index in [1.807, 2.05) is 32.0 Å². The first-order valence-electron chi connectivity index (χ1n) is 7.36. The molecule has 0 saturated carbocycles. The SMILES string of the molecule is Cc1ccc(CN(C)c2cccc(S(C)(=O)=O)c2[N+](=O)[O-])c(C)c1. The molecule has 0 fully saturated rings. The van der Waals surface area contributed by atoms with Gasteiger partial charge in [-0.25, -0.2) is 8.42 Å². The van der Waals surface area contributed by atoms with E-state index in [0.29, 0.717) is 6.54 Å². The summed E-state index contributed by atoms with van der Waals surface area (Å²) in [6.45, 7) is 4.43. The number of hydrogen-bond acceptors (Lipinski definition) is 5. The standard InChI is InChI=1S/C17H20N2O4S/c1-12-8-9-14(13(2)10-12)11-18(3)15-6-5-7-16(24(4,22)23)17(15)19(20)21/h5-10H,11H2,1-4H3. The molecular formula is C17H20N2O4S. The van der Waals surface area contributed by atoms with Crippen LogP contribution in [0.25, 0.3) is 0 Å². The number of nitrogens with zero attached hydrogens (tertiary/aromatic N) is 2. The van der Waals surface area contributed by atoms with Crippen molar-refractivity contribution in [3.63, 3.8) is 0 Å². The zero-order valence-corrected chi connectivity index (χ0v) is 14.9. The van der Waals surface area contributed by atoms with Gasteiger partial charge in [0, 0.05) is 19.8 Å². The summed E-state index contributed by atoms with van der Waals surface area (Å²) in [7, 11) is -1.97. The number of rotatable bonds is 5. The number of sulfone groups is 1. The van der Waals surface area contributed by atoms with Crippen LogP contribution in [0, 0.1) is 24.0 Å². The minimum Gasteiger partial charge on any atom is -0.365 e. The van der Waals surface area contributed by atoms with Crippen LogP contribution in [-0.2, 0) is 16.4 Å². The summed E-state index contributed by atoms with van der Waals surface area (Å²) in [5.41, 5.74) is 3.16. The predicted molar refractivity (Wildman–Crippen MR) is 94.2 cm³/mol. The van der Waals surface area contributed by atoms with Gasteiger partial charge in [0.15, 0.2) is 9.84 Å². The number of para-hydroxylation sites is 1. The number of nitro groups is 1. The minimum absolute atomic E-state index is 0.266. The van der Waals surface area contributed by atoms with Gasteiger partial charge < -0.3 is 4.90 Å². The highest BCUT2D eigenvalue weighted by Crippen LogP contribution is 2.34. The normalized spacial score (nSPS) is 11.3. The Balaban J connectivity index is 2.50. The van der Waals surface area contributed by atoms with Crippen molar-refractivity contribution in [3.8, 4) is 0 Å². The third-order valence-electron chi connectivity index (χ3n) is 3.88. The largest absolute Gasteiger partial charge is 0.365 e. The molecular weight excluding hydrogens is 328 g/mol. The molecule has 2 rings (SSSR count). The van der Waals surface area contributed by atoms with Crippen LogP contribution in [0.4, 0.5) is 11.4 Å². The van der Waals surface area contributed by atoms with Gasteiger partial charge in [-0.15, -0.1) is 0 Å². The van der Waals surface area contributed by atoms with Crippen LogP contribution in [0.1, 0.15) is 16.7 Å². The van der Waals surface area contributed by atoms with E-state index in [9.17, 15) is 18.5 Å². The Kier molecular flexibility index (Phi) is 4.94. The molecule has 7 heteroatoms. The smallest absolute Gasteiger partial charge is 0.311 e. The van der Waals surface area contributed by atoms with Crippen molar-refractivity contribution in [2.75, 3.05) is 18.2 Å². The fraction of sp³-hybridized carbons (Fsp3) is 0.294. The van der Waals surface area contributed by atoms with Gasteiger partial charge in [0.05, 0.1) is 4.92 Å². The van der Waals surface area contributed by atoms with Crippen molar-refractivity contribution < 1.29 is 13.3 Å². The fourth-order valence-electron chi connectivity index (χ4n) is 2.67. The molecule has 0 aliphatic rings. The third-order valence-corrected chi connectivity index (χ3v) is 5.00. The zero-order chi connectivity index (χ0) is 18.1. The van der Waals surface area contributed by atoms with Gasteiger partial charge >= 0.3 is 5.69 Å². The van der Waals surface area contributed by atoms with Crippen LogP contribution >= 0.6 is 0 Å². The van der Waals surface area contributed by atoms with E-state index >= 15 is 0 Å². The van der Waals surface area contributed by atoms with Gasteiger partial charge in [0.1, 0.15) is 10.6 Å². The van der Waals surface area contributed by atoms with E-state index in [1.165, 1.54) is 12.1 Å². The Morgan fingerprint density at radius 3 is 2.38 bits per heavy atom. The molecule has 2 aromatic carbocycles. The van der Waals surface area contributed by atoms with Gasteiger partial charge in [-0.1, -0.05) is 29.8 Å². The molecule has 0 N–H and O–H groups in total. The van der Waals surface area contributed by atoms with E-state index in [2.05, 4.69) is 0 Å². The first kappa shape index (κ1) is 17.9. The van der Waals surface area contributed by atoms with E-state index in [4.69, 9.17) is 0 Å². The van der Waals surface area contributed by atoms with Crippen molar-refractivity contribution in [1.82, 2.24) is 0 Å². The molecule has 0 saturated heterocycles. The van der Waals surface area contributed by atoms with Gasteiger partial charge in [0.2, 0.25) is 0 Å². The lowest BCUT2D eigenvalue weighted by atomic mass is 10.1. The number of hydrogen-bond donors (Lipinski definition) is 0. The Bertz CT molecular complexity index is 891. The van der Waals surface area contributed by atoms with Gasteiger partial charge in [0.25, 0.3) is 0 Å². The minimum atomic E-state index is -3.69. The molecule has 0 spiro atoms. The van der Waals surface area contributed by atoms with Crippen LogP contribution in [0.3, 0.4) is 0 Å². The van der Waals surface area contributed by atoms with Crippen LogP contribution in [-0.4, -0.2) is 26.6 Å². The second-order valence-corrected chi connectivity index (χ2v) is 7.92. The monoisotopic (exact) mass is 348 g/mol. The summed E-state index contributed by atoms with van der Waals surface area (Å²) >= 11 is 0. The van der Waals surface area contributed by atoms with Crippen molar-refractivity contribution >= 4 is 21.2 Å². The lowest BCUT2D eigenvalue weighted by Gasteiger charge is -2.21. The summed E-state index contributed by atoms with van der Waals surface area (Å²) in [5, 5.41) is 11.5. The van der Waals surface area contributed by atoms with Crippen molar-refractivity contribution in [2.45, 2.75) is 25.3 Å². The highest BCUT2D eigenvalue weighted by Gasteiger charge is 2.27. The molecule has 0 radical (unpaired) electrons. The average Bonchev–Trinajstić information content (AvgIpc) is 2.48. The van der Waals surface area contributed by atoms with E-state index < -0.39 is 14.8 Å². The summed E-state index contributed by atoms with van der Waals surface area (Å²) in [5.74, 6) is 0. The number of nitro benzene ring substituents is 1. The van der Waals surface area contributed by atoms with Crippen LogP contribution in [0.5, 0.6) is 0 Å². The van der Waals surface area contributed by atoms with E-state index in [-0.39, 0.29) is 16.3 Å². The van der Waals surface area contributed by atoms with Crippen LogP contribution in [0.15, 0.2) is 41.3 Å². The molecule has 0 aliphatic heterocycles. The van der Waals surface area contributed by atoms with Gasteiger partial charge in [-0.3, -0.25) is 10.1 Å². The number of aryl methyl sites for hydroxylation is 2. The maximum Gasteiger partial charge on any atom is 0.311 e. The number of benzene rings is 2. The molecule has 0 unspecified atom stereocenters. The lowest BCUT2D eigenvalue weighted by Crippen LogP contribution is -2.19. The van der Waals surface area contributed by atoms with Gasteiger partial charge in [-0.05, 0) is 37.1 Å². The third kappa shape index (κ3) is 3.73. The quantitative estimate of drug-likeness (QED) is 0.612. The predicted octanol–water partition coefficient (Wildman–Crippen LogP) is 3.25. The molecule has 24 heavy (non-hydrogen) atoms. The zero-order valence-electron chi connectivity index (χ0n) is 14.1. The summed E-state index contributed by atoms with van der Waals surface area (Å²) < 4.78 is 23.7. The van der Waals surface area contributed by atoms with Crippen molar-refractivity contribution in [1.29, 1.82) is 0 Å². The summed E-state index contributed by atoms with van der Waals surface area (Å²) in [4.78, 5) is 12.3. The highest BCUT2D eigenvalue weighted by molar-refractivity contribution is 7.90. The highest BCUT2D eigenvalue weighted by atomic mass is 32.2. The summed E-state index contributed by atoms with van der Waals surface area (Å²) in [6, 6.07) is 10.4. The molecule has 0 aliphatic carbocycles. The Morgan fingerprint density at radius 1 is 1.17 bits per heavy atom. The second kappa shape index (κ2) is 6.60. The Labute approximate surface area is 141 Å². The van der Waals surface area contributed by atoms with Crippen LogP contribution < -0.4 is 4.90 Å². The maximum atomic E-state index is 11.9. The molecule has 128 valence electrons. The second-order valence-electron chi connectivity index (χ2n) is 5.94. The first-order valence-corrected chi connectivity index (χ1v) is 9.25. The van der Waals surface area contributed by atoms with Crippen molar-refractivity contribution in [3.05, 3.63) is 63.2 Å². The fourth-order valence-corrected chi connectivity index (χ4v) is 3.52. The molecule has 6 nitrogen and oxygen atoms in total. The van der Waals surface area contributed by atoms with Crippen LogP contribution in [0.2, 0.25) is 0 Å². The Morgan fingerprint density at radius 2 is 1.83 bits per heavy atom. The van der Waals surface area contributed by atoms with E-state index in [0.717, 1.165) is 22.9 Å². The average molecular weight is 348 g/mol. The molecule has 0 heterocycles.